The second-order valence-electron chi connectivity index (χ2n) is 4.85. The molecule has 2 aromatic rings. The van der Waals surface area contributed by atoms with E-state index in [1.807, 2.05) is 31.7 Å². The summed E-state index contributed by atoms with van der Waals surface area (Å²) in [4.78, 5) is 6.16. The van der Waals surface area contributed by atoms with Crippen LogP contribution in [0.2, 0.25) is 0 Å². The number of pyridine rings is 1. The predicted molar refractivity (Wildman–Crippen MR) is 83.8 cm³/mol. The number of halogens is 1. The van der Waals surface area contributed by atoms with Crippen LogP contribution in [0.1, 0.15) is 23.9 Å². The Balaban J connectivity index is 2.68. The lowest BCUT2D eigenvalue weighted by Crippen LogP contribution is -2.24. The highest BCUT2D eigenvalue weighted by atomic mass is 19.1. The van der Waals surface area contributed by atoms with Crippen LogP contribution in [0.25, 0.3) is 0 Å². The quantitative estimate of drug-likeness (QED) is 0.669. The molecule has 0 saturated heterocycles. The van der Waals surface area contributed by atoms with Crippen LogP contribution in [-0.2, 0) is 0 Å². The van der Waals surface area contributed by atoms with Crippen molar-refractivity contribution in [2.75, 3.05) is 11.4 Å². The van der Waals surface area contributed by atoms with E-state index in [4.69, 9.17) is 11.1 Å². The first kappa shape index (κ1) is 15.0. The molecule has 110 valence electrons. The molecule has 0 spiro atoms. The maximum Gasteiger partial charge on any atom is 0.146 e. The molecular weight excluding hydrogens is 267 g/mol. The fraction of sp³-hybridized carbons (Fsp3) is 0.250. The average molecular weight is 286 g/mol. The van der Waals surface area contributed by atoms with Crippen LogP contribution >= 0.6 is 0 Å². The third-order valence-electron chi connectivity index (χ3n) is 3.33. The number of hydrogen-bond donors (Lipinski definition) is 2. The Labute approximate surface area is 123 Å². The molecule has 3 N–H and O–H groups in total. The number of nitrogens with two attached hydrogens (primary N) is 1. The Bertz CT molecular complexity index is 682. The Morgan fingerprint density at radius 1 is 1.29 bits per heavy atom. The lowest BCUT2D eigenvalue weighted by atomic mass is 10.1. The lowest BCUT2D eigenvalue weighted by molar-refractivity contribution is 0.625. The maximum absolute atomic E-state index is 14.1. The van der Waals surface area contributed by atoms with Crippen LogP contribution in [-0.4, -0.2) is 17.4 Å². The van der Waals surface area contributed by atoms with E-state index in [1.165, 1.54) is 6.07 Å². The molecule has 1 aromatic heterocycles. The number of rotatable bonds is 4. The smallest absolute Gasteiger partial charge is 0.146 e. The fourth-order valence-corrected chi connectivity index (χ4v) is 2.49. The molecule has 0 aliphatic carbocycles. The topological polar surface area (TPSA) is 66.0 Å². The first-order valence-electron chi connectivity index (χ1n) is 6.80. The summed E-state index contributed by atoms with van der Waals surface area (Å²) >= 11 is 0. The summed E-state index contributed by atoms with van der Waals surface area (Å²) in [5, 5.41) is 7.79. The van der Waals surface area contributed by atoms with Gasteiger partial charge in [-0.15, -0.1) is 0 Å². The Kier molecular flexibility index (Phi) is 4.21. The van der Waals surface area contributed by atoms with Gasteiger partial charge in [0, 0.05) is 12.2 Å². The molecule has 21 heavy (non-hydrogen) atoms. The van der Waals surface area contributed by atoms with Crippen molar-refractivity contribution in [1.29, 1.82) is 5.41 Å². The Hall–Kier alpha value is -2.43. The number of aromatic nitrogens is 1. The van der Waals surface area contributed by atoms with E-state index in [-0.39, 0.29) is 11.7 Å². The van der Waals surface area contributed by atoms with Crippen LogP contribution in [0, 0.1) is 25.1 Å². The summed E-state index contributed by atoms with van der Waals surface area (Å²) < 4.78 is 14.1. The summed E-state index contributed by atoms with van der Waals surface area (Å²) in [6, 6.07) is 8.41. The normalized spacial score (nSPS) is 10.5. The van der Waals surface area contributed by atoms with Crippen molar-refractivity contribution in [3.63, 3.8) is 0 Å². The Morgan fingerprint density at radius 2 is 1.95 bits per heavy atom. The van der Waals surface area contributed by atoms with Crippen LogP contribution in [0.5, 0.6) is 0 Å². The molecule has 0 aliphatic heterocycles. The molecule has 4 nitrogen and oxygen atoms in total. The van der Waals surface area contributed by atoms with Crippen molar-refractivity contribution in [2.24, 2.45) is 5.73 Å². The molecule has 0 aliphatic rings. The van der Waals surface area contributed by atoms with E-state index in [0.717, 1.165) is 5.69 Å². The zero-order valence-corrected chi connectivity index (χ0v) is 12.4. The summed E-state index contributed by atoms with van der Waals surface area (Å²) in [5.74, 6) is -0.370. The first-order chi connectivity index (χ1) is 9.95. The number of hydrogen-bond acceptors (Lipinski definition) is 3. The predicted octanol–water partition coefficient (Wildman–Crippen LogP) is 3.28. The number of nitrogens with zero attached hydrogens (tertiary/aromatic N) is 2. The van der Waals surface area contributed by atoms with Gasteiger partial charge in [-0.2, -0.15) is 0 Å². The fourth-order valence-electron chi connectivity index (χ4n) is 2.49. The van der Waals surface area contributed by atoms with Crippen molar-refractivity contribution in [3.05, 3.63) is 53.1 Å². The van der Waals surface area contributed by atoms with Crippen LogP contribution in [0.4, 0.5) is 15.8 Å². The van der Waals surface area contributed by atoms with Gasteiger partial charge in [0.15, 0.2) is 0 Å². The van der Waals surface area contributed by atoms with Crippen molar-refractivity contribution in [3.8, 4) is 0 Å². The van der Waals surface area contributed by atoms with Crippen LogP contribution < -0.4 is 10.6 Å². The highest BCUT2D eigenvalue weighted by Gasteiger charge is 2.19. The number of para-hydroxylation sites is 1. The molecular formula is C16H19FN4. The third-order valence-corrected chi connectivity index (χ3v) is 3.33. The van der Waals surface area contributed by atoms with Crippen molar-refractivity contribution >= 4 is 17.2 Å². The molecule has 0 unspecified atom stereocenters. The second kappa shape index (κ2) is 5.91. The molecule has 2 rings (SSSR count). The van der Waals surface area contributed by atoms with Crippen LogP contribution in [0.3, 0.4) is 0 Å². The molecule has 0 fully saturated rings. The van der Waals surface area contributed by atoms with E-state index < -0.39 is 0 Å². The van der Waals surface area contributed by atoms with Crippen molar-refractivity contribution in [1.82, 2.24) is 4.98 Å². The number of nitrogen functional groups attached to an aromatic ring is 1. The number of nitrogens with one attached hydrogen (secondary N) is 1. The van der Waals surface area contributed by atoms with E-state index in [1.54, 1.807) is 18.2 Å². The number of anilines is 2. The van der Waals surface area contributed by atoms with Crippen LogP contribution in [0.15, 0.2) is 30.3 Å². The number of amidine groups is 1. The third kappa shape index (κ3) is 2.86. The summed E-state index contributed by atoms with van der Waals surface area (Å²) in [5.41, 5.74) is 8.90. The van der Waals surface area contributed by atoms with Gasteiger partial charge in [-0.3, -0.25) is 10.4 Å². The SMILES string of the molecule is CCN(c1ccccc1F)c1cc(C)nc(C)c1C(=N)N. The minimum atomic E-state index is -0.305. The molecule has 5 heteroatoms. The molecule has 0 saturated carbocycles. The number of aryl methyl sites for hydroxylation is 2. The molecule has 0 bridgehead atoms. The van der Waals surface area contributed by atoms with Gasteiger partial charge in [0.25, 0.3) is 0 Å². The van der Waals surface area contributed by atoms with Gasteiger partial charge in [-0.05, 0) is 39.0 Å². The minimum absolute atomic E-state index is 0.0650. The zero-order valence-electron chi connectivity index (χ0n) is 12.4. The van der Waals surface area contributed by atoms with Gasteiger partial charge in [0.1, 0.15) is 11.7 Å². The largest absolute Gasteiger partial charge is 0.384 e. The monoisotopic (exact) mass is 286 g/mol. The van der Waals surface area contributed by atoms with E-state index in [0.29, 0.717) is 29.2 Å². The summed E-state index contributed by atoms with van der Waals surface area (Å²) in [6.07, 6.45) is 0. The standard InChI is InChI=1S/C16H19FN4/c1-4-21(13-8-6-5-7-12(13)17)14-9-10(2)20-11(3)15(14)16(18)19/h5-9H,4H2,1-3H3,(H3,18,19). The highest BCUT2D eigenvalue weighted by molar-refractivity contribution is 6.02. The molecule has 0 radical (unpaired) electrons. The molecule has 0 atom stereocenters. The molecule has 0 amide bonds. The van der Waals surface area contributed by atoms with Crippen molar-refractivity contribution in [2.45, 2.75) is 20.8 Å². The summed E-state index contributed by atoms with van der Waals surface area (Å²) in [6.45, 7) is 6.17. The van der Waals surface area contributed by atoms with E-state index >= 15 is 0 Å². The Morgan fingerprint density at radius 3 is 2.52 bits per heavy atom. The molecule has 1 heterocycles. The maximum atomic E-state index is 14.1. The van der Waals surface area contributed by atoms with Gasteiger partial charge in [0.2, 0.25) is 0 Å². The van der Waals surface area contributed by atoms with Gasteiger partial charge >= 0.3 is 0 Å². The molecule has 1 aromatic carbocycles. The van der Waals surface area contributed by atoms with Crippen molar-refractivity contribution < 1.29 is 4.39 Å². The van der Waals surface area contributed by atoms with E-state index in [2.05, 4.69) is 4.98 Å². The second-order valence-corrected chi connectivity index (χ2v) is 4.85. The van der Waals surface area contributed by atoms with Gasteiger partial charge < -0.3 is 10.6 Å². The highest BCUT2D eigenvalue weighted by Crippen LogP contribution is 2.31. The lowest BCUT2D eigenvalue weighted by Gasteiger charge is -2.27. The minimum Gasteiger partial charge on any atom is -0.384 e. The zero-order chi connectivity index (χ0) is 15.6. The number of benzene rings is 1. The van der Waals surface area contributed by atoms with Gasteiger partial charge in [-0.25, -0.2) is 4.39 Å². The summed E-state index contributed by atoms with van der Waals surface area (Å²) in [7, 11) is 0. The average Bonchev–Trinajstić information content (AvgIpc) is 2.40. The first-order valence-corrected chi connectivity index (χ1v) is 6.80. The van der Waals surface area contributed by atoms with E-state index in [9.17, 15) is 4.39 Å². The van der Waals surface area contributed by atoms with Gasteiger partial charge in [-0.1, -0.05) is 12.1 Å². The van der Waals surface area contributed by atoms with Gasteiger partial charge in [0.05, 0.1) is 22.6 Å².